The number of nitrogens with two attached hydrogens (primary N) is 1. The highest BCUT2D eigenvalue weighted by Crippen LogP contribution is 2.34. The molecule has 0 bridgehead atoms. The van der Waals surface area contributed by atoms with Gasteiger partial charge in [-0.15, -0.1) is 0 Å². The monoisotopic (exact) mass is 228 g/mol. The van der Waals surface area contributed by atoms with E-state index in [-0.39, 0.29) is 24.0 Å². The molecular weight excluding hydrogens is 204 g/mol. The van der Waals surface area contributed by atoms with Crippen molar-refractivity contribution in [2.45, 2.75) is 45.1 Å². The van der Waals surface area contributed by atoms with Crippen LogP contribution in [0, 0.1) is 11.8 Å². The zero-order valence-electron chi connectivity index (χ0n) is 10.3. The Morgan fingerprint density at radius 2 is 2.12 bits per heavy atom. The van der Waals surface area contributed by atoms with Crippen LogP contribution in [-0.4, -0.2) is 29.7 Å². The Kier molecular flexibility index (Phi) is 4.74. The van der Waals surface area contributed by atoms with Gasteiger partial charge in [-0.25, -0.2) is 0 Å². The number of aliphatic hydroxyl groups excluding tert-OH is 1. The van der Waals surface area contributed by atoms with Crippen molar-refractivity contribution < 1.29 is 9.90 Å². The molecule has 1 unspecified atom stereocenters. The van der Waals surface area contributed by atoms with Crippen molar-refractivity contribution >= 4 is 5.91 Å². The van der Waals surface area contributed by atoms with Gasteiger partial charge < -0.3 is 16.2 Å². The van der Waals surface area contributed by atoms with Gasteiger partial charge in [0, 0.05) is 6.42 Å². The van der Waals surface area contributed by atoms with Crippen LogP contribution in [0.25, 0.3) is 0 Å². The van der Waals surface area contributed by atoms with Gasteiger partial charge in [-0.05, 0) is 37.6 Å². The molecule has 0 spiro atoms. The lowest BCUT2D eigenvalue weighted by molar-refractivity contribution is -0.123. The van der Waals surface area contributed by atoms with Crippen molar-refractivity contribution in [3.05, 3.63) is 0 Å². The van der Waals surface area contributed by atoms with E-state index in [1.165, 1.54) is 0 Å². The van der Waals surface area contributed by atoms with E-state index in [0.29, 0.717) is 18.9 Å². The van der Waals surface area contributed by atoms with E-state index >= 15 is 0 Å². The number of carbonyl (C=O) groups excluding carboxylic acids is 1. The first-order chi connectivity index (χ1) is 7.51. The van der Waals surface area contributed by atoms with Gasteiger partial charge in [0.05, 0.1) is 12.1 Å². The van der Waals surface area contributed by atoms with Gasteiger partial charge in [0.2, 0.25) is 5.91 Å². The third kappa shape index (κ3) is 4.10. The summed E-state index contributed by atoms with van der Waals surface area (Å²) < 4.78 is 0. The molecule has 0 aromatic rings. The number of carbonyl (C=O) groups is 1. The molecule has 4 nitrogen and oxygen atoms in total. The van der Waals surface area contributed by atoms with E-state index in [1.54, 1.807) is 0 Å². The molecule has 1 atom stereocenters. The lowest BCUT2D eigenvalue weighted by Crippen LogP contribution is -2.41. The smallest absolute Gasteiger partial charge is 0.220 e. The molecule has 4 N–H and O–H groups in total. The van der Waals surface area contributed by atoms with E-state index in [1.807, 2.05) is 0 Å². The number of aliphatic hydroxyl groups is 1. The highest BCUT2D eigenvalue weighted by molar-refractivity contribution is 5.77. The minimum absolute atomic E-state index is 0.0302. The van der Waals surface area contributed by atoms with Crippen LogP contribution < -0.4 is 11.1 Å². The Hall–Kier alpha value is -0.610. The zero-order chi connectivity index (χ0) is 12.2. The van der Waals surface area contributed by atoms with Gasteiger partial charge in [-0.3, -0.25) is 4.79 Å². The van der Waals surface area contributed by atoms with Gasteiger partial charge in [-0.1, -0.05) is 13.8 Å². The van der Waals surface area contributed by atoms with E-state index < -0.39 is 0 Å². The summed E-state index contributed by atoms with van der Waals surface area (Å²) >= 11 is 0. The highest BCUT2D eigenvalue weighted by atomic mass is 16.3. The van der Waals surface area contributed by atoms with Gasteiger partial charge in [0.1, 0.15) is 0 Å². The molecule has 1 aliphatic carbocycles. The Morgan fingerprint density at radius 1 is 1.50 bits per heavy atom. The van der Waals surface area contributed by atoms with Crippen LogP contribution in [0.3, 0.4) is 0 Å². The van der Waals surface area contributed by atoms with Crippen LogP contribution in [0.5, 0.6) is 0 Å². The second kappa shape index (κ2) is 5.64. The third-order valence-corrected chi connectivity index (χ3v) is 3.17. The van der Waals surface area contributed by atoms with Gasteiger partial charge in [-0.2, -0.15) is 0 Å². The summed E-state index contributed by atoms with van der Waals surface area (Å²) in [7, 11) is 0. The molecule has 1 fully saturated rings. The van der Waals surface area contributed by atoms with Crippen molar-refractivity contribution in [1.82, 2.24) is 5.32 Å². The van der Waals surface area contributed by atoms with Crippen molar-refractivity contribution in [2.24, 2.45) is 17.6 Å². The predicted octanol–water partition coefficient (Wildman–Crippen LogP) is 0.639. The summed E-state index contributed by atoms with van der Waals surface area (Å²) in [4.78, 5) is 11.7. The second-order valence-electron chi connectivity index (χ2n) is 5.42. The fourth-order valence-corrected chi connectivity index (χ4v) is 2.01. The summed E-state index contributed by atoms with van der Waals surface area (Å²) in [5.41, 5.74) is 5.35. The van der Waals surface area contributed by atoms with Crippen LogP contribution in [0.4, 0.5) is 0 Å². The maximum absolute atomic E-state index is 11.7. The average Bonchev–Trinajstić information content (AvgIpc) is 2.96. The second-order valence-corrected chi connectivity index (χ2v) is 5.42. The van der Waals surface area contributed by atoms with Gasteiger partial charge in [0.15, 0.2) is 0 Å². The first-order valence-electron chi connectivity index (χ1n) is 6.13. The number of rotatable bonds is 7. The lowest BCUT2D eigenvalue weighted by Gasteiger charge is -2.19. The average molecular weight is 228 g/mol. The molecule has 94 valence electrons. The first-order valence-corrected chi connectivity index (χ1v) is 6.13. The molecule has 0 heterocycles. The molecule has 0 radical (unpaired) electrons. The molecule has 1 amide bonds. The maximum Gasteiger partial charge on any atom is 0.220 e. The summed E-state index contributed by atoms with van der Waals surface area (Å²) in [5, 5.41) is 12.0. The number of nitrogens with one attached hydrogen (secondary N) is 1. The third-order valence-electron chi connectivity index (χ3n) is 3.17. The number of hydrogen-bond acceptors (Lipinski definition) is 3. The fraction of sp³-hybridized carbons (Fsp3) is 0.917. The first kappa shape index (κ1) is 13.5. The number of amides is 1. The quantitative estimate of drug-likeness (QED) is 0.598. The summed E-state index contributed by atoms with van der Waals surface area (Å²) in [6.45, 7) is 4.88. The van der Waals surface area contributed by atoms with Crippen molar-refractivity contribution in [3.8, 4) is 0 Å². The largest absolute Gasteiger partial charge is 0.394 e. The molecule has 1 aliphatic rings. The summed E-state index contributed by atoms with van der Waals surface area (Å²) in [6.07, 6.45) is 3.26. The topological polar surface area (TPSA) is 75.4 Å². The molecule has 1 saturated carbocycles. The molecule has 16 heavy (non-hydrogen) atoms. The van der Waals surface area contributed by atoms with Crippen molar-refractivity contribution in [2.75, 3.05) is 13.2 Å². The molecule has 0 aliphatic heterocycles. The highest BCUT2D eigenvalue weighted by Gasteiger charge is 2.43. The maximum atomic E-state index is 11.7. The van der Waals surface area contributed by atoms with Crippen LogP contribution >= 0.6 is 0 Å². The normalized spacial score (nSPS) is 19.6. The molecule has 0 aromatic carbocycles. The molecule has 0 saturated heterocycles. The van der Waals surface area contributed by atoms with E-state index in [2.05, 4.69) is 19.2 Å². The van der Waals surface area contributed by atoms with Crippen molar-refractivity contribution in [1.29, 1.82) is 0 Å². The minimum atomic E-state index is -0.298. The fourth-order valence-electron chi connectivity index (χ4n) is 2.01. The van der Waals surface area contributed by atoms with E-state index in [4.69, 9.17) is 10.8 Å². The molecule has 1 rings (SSSR count). The van der Waals surface area contributed by atoms with E-state index in [0.717, 1.165) is 19.3 Å². The van der Waals surface area contributed by atoms with E-state index in [9.17, 15) is 4.79 Å². The molecule has 0 aromatic heterocycles. The Balaban J connectivity index is 2.31. The standard InChI is InChI=1S/C12H24N2O2/c1-9(2)5-10(7-13)6-11(16)14-12(8-15)3-4-12/h9-10,15H,3-8,13H2,1-2H3,(H,14,16). The van der Waals surface area contributed by atoms with Crippen LogP contribution in [0.2, 0.25) is 0 Å². The molecule has 4 heteroatoms. The van der Waals surface area contributed by atoms with Crippen LogP contribution in [0.15, 0.2) is 0 Å². The van der Waals surface area contributed by atoms with Crippen LogP contribution in [0.1, 0.15) is 39.5 Å². The molecular formula is C12H24N2O2. The van der Waals surface area contributed by atoms with Crippen LogP contribution in [-0.2, 0) is 4.79 Å². The Bertz CT molecular complexity index is 237. The Morgan fingerprint density at radius 3 is 2.50 bits per heavy atom. The summed E-state index contributed by atoms with van der Waals surface area (Å²) in [6, 6.07) is 0. The SMILES string of the molecule is CC(C)CC(CN)CC(=O)NC1(CO)CC1. The summed E-state index contributed by atoms with van der Waals surface area (Å²) in [5.74, 6) is 0.853. The number of hydrogen-bond donors (Lipinski definition) is 3. The van der Waals surface area contributed by atoms with Gasteiger partial charge >= 0.3 is 0 Å². The Labute approximate surface area is 97.6 Å². The zero-order valence-corrected chi connectivity index (χ0v) is 10.3. The predicted molar refractivity (Wildman–Crippen MR) is 63.8 cm³/mol. The van der Waals surface area contributed by atoms with Gasteiger partial charge in [0.25, 0.3) is 0 Å². The lowest BCUT2D eigenvalue weighted by atomic mass is 9.94. The minimum Gasteiger partial charge on any atom is -0.394 e. The van der Waals surface area contributed by atoms with Crippen molar-refractivity contribution in [3.63, 3.8) is 0 Å².